The van der Waals surface area contributed by atoms with Gasteiger partial charge in [-0.2, -0.15) is 0 Å². The monoisotopic (exact) mass is 312 g/mol. The minimum atomic E-state index is 0.00340. The van der Waals surface area contributed by atoms with Gasteiger partial charge in [-0.3, -0.25) is 4.79 Å². The van der Waals surface area contributed by atoms with Gasteiger partial charge in [0.1, 0.15) is 0 Å². The van der Waals surface area contributed by atoms with Gasteiger partial charge in [0.2, 0.25) is 0 Å². The maximum atomic E-state index is 12.3. The number of carbonyl (C=O) groups excluding carboxylic acids is 1. The van der Waals surface area contributed by atoms with Crippen molar-refractivity contribution in [3.63, 3.8) is 0 Å². The van der Waals surface area contributed by atoms with Crippen LogP contribution >= 0.6 is 15.9 Å². The molecule has 1 saturated heterocycles. The second kappa shape index (κ2) is 4.70. The highest BCUT2D eigenvalue weighted by Crippen LogP contribution is 2.36. The molecule has 0 bridgehead atoms. The van der Waals surface area contributed by atoms with Crippen LogP contribution in [0.1, 0.15) is 29.8 Å². The molecule has 2 N–H and O–H groups in total. The molecule has 2 heterocycles. The number of furan rings is 1. The van der Waals surface area contributed by atoms with Crippen molar-refractivity contribution >= 4 is 21.8 Å². The molecule has 0 spiro atoms. The Morgan fingerprint density at radius 2 is 2.11 bits per heavy atom. The summed E-state index contributed by atoms with van der Waals surface area (Å²) in [5.74, 6) is 1.64. The van der Waals surface area contributed by atoms with Crippen molar-refractivity contribution in [1.82, 2.24) is 4.90 Å². The number of nitrogens with zero attached hydrogens (tertiary/aromatic N) is 1. The third-order valence-corrected chi connectivity index (χ3v) is 4.59. The standard InChI is InChI=1S/C13H17BrN2O2/c14-12-4-3-11(18-12)13(17)16-6-8-1-2-10(15)5-9(8)7-16/h3-4,8-10H,1-2,5-7,15H2/t8-,9+,10?/m1/s1. The van der Waals surface area contributed by atoms with E-state index in [9.17, 15) is 4.79 Å². The molecule has 98 valence electrons. The van der Waals surface area contributed by atoms with Crippen LogP contribution in [-0.2, 0) is 0 Å². The average Bonchev–Trinajstić information content (AvgIpc) is 2.93. The number of fused-ring (bicyclic) bond motifs is 1. The Labute approximate surface area is 115 Å². The summed E-state index contributed by atoms with van der Waals surface area (Å²) in [5, 5.41) is 0. The first-order chi connectivity index (χ1) is 8.63. The van der Waals surface area contributed by atoms with Gasteiger partial charge in [0.05, 0.1) is 0 Å². The minimum absolute atomic E-state index is 0.00340. The molecule has 1 amide bonds. The number of nitrogens with two attached hydrogens (primary N) is 1. The second-order valence-electron chi connectivity index (χ2n) is 5.41. The summed E-state index contributed by atoms with van der Waals surface area (Å²) in [6, 6.07) is 3.80. The molecule has 2 fully saturated rings. The fourth-order valence-corrected chi connectivity index (χ4v) is 3.53. The van der Waals surface area contributed by atoms with Crippen molar-refractivity contribution in [3.05, 3.63) is 22.6 Å². The summed E-state index contributed by atoms with van der Waals surface area (Å²) in [4.78, 5) is 14.2. The van der Waals surface area contributed by atoms with Crippen molar-refractivity contribution in [1.29, 1.82) is 0 Å². The highest BCUT2D eigenvalue weighted by atomic mass is 79.9. The molecular formula is C13H17BrN2O2. The Morgan fingerprint density at radius 3 is 2.83 bits per heavy atom. The number of halogens is 1. The first-order valence-electron chi connectivity index (χ1n) is 6.43. The van der Waals surface area contributed by atoms with Crippen molar-refractivity contribution < 1.29 is 9.21 Å². The highest BCUT2D eigenvalue weighted by Gasteiger charge is 2.39. The molecule has 0 radical (unpaired) electrons. The molecule has 4 nitrogen and oxygen atoms in total. The van der Waals surface area contributed by atoms with Gasteiger partial charge in [0.25, 0.3) is 5.91 Å². The third kappa shape index (κ3) is 2.21. The van der Waals surface area contributed by atoms with E-state index in [1.54, 1.807) is 12.1 Å². The zero-order valence-electron chi connectivity index (χ0n) is 10.1. The molecule has 0 aromatic carbocycles. The quantitative estimate of drug-likeness (QED) is 0.865. The summed E-state index contributed by atoms with van der Waals surface area (Å²) in [6.07, 6.45) is 3.29. The Morgan fingerprint density at radius 1 is 1.33 bits per heavy atom. The normalized spacial score (nSPS) is 31.4. The van der Waals surface area contributed by atoms with Crippen LogP contribution in [-0.4, -0.2) is 29.9 Å². The lowest BCUT2D eigenvalue weighted by atomic mass is 9.79. The van der Waals surface area contributed by atoms with Gasteiger partial charge in [0, 0.05) is 19.1 Å². The first kappa shape index (κ1) is 12.2. The van der Waals surface area contributed by atoms with Crippen LogP contribution in [0.5, 0.6) is 0 Å². The van der Waals surface area contributed by atoms with E-state index in [1.165, 1.54) is 0 Å². The number of rotatable bonds is 1. The van der Waals surface area contributed by atoms with Crippen LogP contribution in [0.3, 0.4) is 0 Å². The third-order valence-electron chi connectivity index (χ3n) is 4.16. The summed E-state index contributed by atoms with van der Waals surface area (Å²) in [5.41, 5.74) is 6.00. The molecular weight excluding hydrogens is 296 g/mol. The van der Waals surface area contributed by atoms with E-state index in [0.717, 1.165) is 32.4 Å². The Balaban J connectivity index is 1.70. The predicted molar refractivity (Wildman–Crippen MR) is 71.1 cm³/mol. The molecule has 1 aliphatic heterocycles. The number of carbonyl (C=O) groups is 1. The number of likely N-dealkylation sites (tertiary alicyclic amines) is 1. The maximum absolute atomic E-state index is 12.3. The van der Waals surface area contributed by atoms with Gasteiger partial charge in [-0.05, 0) is 59.2 Å². The van der Waals surface area contributed by atoms with Crippen molar-refractivity contribution in [2.45, 2.75) is 25.3 Å². The van der Waals surface area contributed by atoms with Crippen molar-refractivity contribution in [2.75, 3.05) is 13.1 Å². The molecule has 5 heteroatoms. The minimum Gasteiger partial charge on any atom is -0.444 e. The maximum Gasteiger partial charge on any atom is 0.289 e. The first-order valence-corrected chi connectivity index (χ1v) is 7.23. The molecule has 3 atom stereocenters. The number of hydrogen-bond acceptors (Lipinski definition) is 3. The lowest BCUT2D eigenvalue weighted by Crippen LogP contribution is -2.32. The second-order valence-corrected chi connectivity index (χ2v) is 6.19. The van der Waals surface area contributed by atoms with Crippen LogP contribution in [0.4, 0.5) is 0 Å². The smallest absolute Gasteiger partial charge is 0.289 e. The van der Waals surface area contributed by atoms with E-state index in [2.05, 4.69) is 15.9 Å². The topological polar surface area (TPSA) is 59.5 Å². The fourth-order valence-electron chi connectivity index (χ4n) is 3.22. The zero-order valence-corrected chi connectivity index (χ0v) is 11.7. The predicted octanol–water partition coefficient (Wildman–Crippen LogP) is 2.24. The Kier molecular flexibility index (Phi) is 3.20. The van der Waals surface area contributed by atoms with E-state index in [0.29, 0.717) is 28.3 Å². The average molecular weight is 313 g/mol. The highest BCUT2D eigenvalue weighted by molar-refractivity contribution is 9.10. The molecule has 1 unspecified atom stereocenters. The van der Waals surface area contributed by atoms with E-state index >= 15 is 0 Å². The molecule has 1 aromatic rings. The van der Waals surface area contributed by atoms with E-state index in [1.807, 2.05) is 4.90 Å². The summed E-state index contributed by atoms with van der Waals surface area (Å²) in [6.45, 7) is 1.68. The molecule has 18 heavy (non-hydrogen) atoms. The zero-order chi connectivity index (χ0) is 12.7. The van der Waals surface area contributed by atoms with Gasteiger partial charge in [-0.25, -0.2) is 0 Å². The van der Waals surface area contributed by atoms with E-state index in [-0.39, 0.29) is 5.91 Å². The number of hydrogen-bond donors (Lipinski definition) is 1. The van der Waals surface area contributed by atoms with Gasteiger partial charge >= 0.3 is 0 Å². The van der Waals surface area contributed by atoms with Gasteiger partial charge in [-0.1, -0.05) is 0 Å². The Hall–Kier alpha value is -0.810. The van der Waals surface area contributed by atoms with E-state index < -0.39 is 0 Å². The van der Waals surface area contributed by atoms with Crippen molar-refractivity contribution in [2.24, 2.45) is 17.6 Å². The molecule has 3 rings (SSSR count). The Bertz CT molecular complexity index is 460. The van der Waals surface area contributed by atoms with Crippen LogP contribution < -0.4 is 5.73 Å². The van der Waals surface area contributed by atoms with Gasteiger partial charge in [-0.15, -0.1) is 0 Å². The number of amides is 1. The van der Waals surface area contributed by atoms with E-state index in [4.69, 9.17) is 10.2 Å². The molecule has 2 aliphatic rings. The van der Waals surface area contributed by atoms with Crippen LogP contribution in [0, 0.1) is 11.8 Å². The SMILES string of the molecule is NC1CC[C@@H]2CN(C(=O)c3ccc(Br)o3)C[C@@H]2C1. The van der Waals surface area contributed by atoms with Gasteiger partial charge < -0.3 is 15.1 Å². The fraction of sp³-hybridized carbons (Fsp3) is 0.615. The van der Waals surface area contributed by atoms with Crippen molar-refractivity contribution in [3.8, 4) is 0 Å². The summed E-state index contributed by atoms with van der Waals surface area (Å²) >= 11 is 3.22. The molecule has 1 aromatic heterocycles. The largest absolute Gasteiger partial charge is 0.444 e. The van der Waals surface area contributed by atoms with Crippen LogP contribution in [0.2, 0.25) is 0 Å². The molecule has 1 aliphatic carbocycles. The van der Waals surface area contributed by atoms with Crippen LogP contribution in [0.25, 0.3) is 0 Å². The lowest BCUT2D eigenvalue weighted by molar-refractivity contribution is 0.0751. The summed E-state index contributed by atoms with van der Waals surface area (Å²) in [7, 11) is 0. The molecule has 1 saturated carbocycles. The van der Waals surface area contributed by atoms with Gasteiger partial charge in [0.15, 0.2) is 10.4 Å². The lowest BCUT2D eigenvalue weighted by Gasteiger charge is -2.27. The van der Waals surface area contributed by atoms with Crippen LogP contribution in [0.15, 0.2) is 21.2 Å². The summed E-state index contributed by atoms with van der Waals surface area (Å²) < 4.78 is 5.93.